The monoisotopic (exact) mass is 443 g/mol. The molecular formula is C25H37N3O4. The molecule has 1 atom stereocenters. The van der Waals surface area contributed by atoms with Gasteiger partial charge in [-0.3, -0.25) is 14.5 Å². The molecule has 2 fully saturated rings. The van der Waals surface area contributed by atoms with Crippen LogP contribution in [-0.2, 0) is 20.9 Å². The van der Waals surface area contributed by atoms with Crippen LogP contribution in [0, 0.1) is 5.92 Å². The lowest BCUT2D eigenvalue weighted by atomic mass is 9.87. The summed E-state index contributed by atoms with van der Waals surface area (Å²) in [6, 6.07) is 8.19. The number of hydrogen-bond donors (Lipinski definition) is 0. The van der Waals surface area contributed by atoms with E-state index in [0.717, 1.165) is 25.3 Å². The van der Waals surface area contributed by atoms with Gasteiger partial charge in [-0.15, -0.1) is 0 Å². The van der Waals surface area contributed by atoms with Crippen molar-refractivity contribution in [3.63, 3.8) is 0 Å². The Hall–Kier alpha value is -2.41. The van der Waals surface area contributed by atoms with Crippen LogP contribution < -0.4 is 4.90 Å². The molecular weight excluding hydrogens is 406 g/mol. The standard InChI is InChI=1S/C25H37N3O4/c1-18-16-27(14-15-28(18)24(31)32-25(2,3)4)17-19-6-10-21(11-7-19)26(5)23(30)20-8-12-22(29)13-9-20/h6-7,10-11,18,20H,8-9,12-17H2,1-5H3/t18-/m0/s1. The summed E-state index contributed by atoms with van der Waals surface area (Å²) in [5.74, 6) is 0.305. The van der Waals surface area contributed by atoms with Crippen LogP contribution in [0.25, 0.3) is 0 Å². The Bertz CT molecular complexity index is 821. The second kappa shape index (κ2) is 10.0. The van der Waals surface area contributed by atoms with E-state index in [1.54, 1.807) is 4.90 Å². The van der Waals surface area contributed by atoms with Crippen molar-refractivity contribution in [1.82, 2.24) is 9.80 Å². The molecule has 1 aromatic carbocycles. The van der Waals surface area contributed by atoms with Gasteiger partial charge in [-0.1, -0.05) is 12.1 Å². The number of carbonyl (C=O) groups excluding carboxylic acids is 3. The van der Waals surface area contributed by atoms with Crippen LogP contribution in [0.1, 0.15) is 58.9 Å². The molecule has 1 aliphatic heterocycles. The zero-order valence-corrected chi connectivity index (χ0v) is 20.1. The number of ether oxygens (including phenoxy) is 1. The molecule has 2 aliphatic rings. The van der Waals surface area contributed by atoms with E-state index in [1.807, 2.05) is 44.9 Å². The van der Waals surface area contributed by atoms with Gasteiger partial charge in [0.05, 0.1) is 0 Å². The van der Waals surface area contributed by atoms with Crippen LogP contribution in [0.15, 0.2) is 24.3 Å². The van der Waals surface area contributed by atoms with Crippen LogP contribution >= 0.6 is 0 Å². The van der Waals surface area contributed by atoms with Crippen molar-refractivity contribution in [1.29, 1.82) is 0 Å². The van der Waals surface area contributed by atoms with Gasteiger partial charge in [0, 0.05) is 63.7 Å². The highest BCUT2D eigenvalue weighted by Gasteiger charge is 2.31. The Labute approximate surface area is 191 Å². The first-order valence-electron chi connectivity index (χ1n) is 11.6. The summed E-state index contributed by atoms with van der Waals surface area (Å²) in [5, 5.41) is 0. The van der Waals surface area contributed by atoms with E-state index in [2.05, 4.69) is 24.0 Å². The van der Waals surface area contributed by atoms with Crippen molar-refractivity contribution in [2.75, 3.05) is 31.6 Å². The highest BCUT2D eigenvalue weighted by atomic mass is 16.6. The lowest BCUT2D eigenvalue weighted by molar-refractivity contribution is -0.126. The first kappa shape index (κ1) is 24.2. The second-order valence-corrected chi connectivity index (χ2v) is 10.1. The topological polar surface area (TPSA) is 70.2 Å². The van der Waals surface area contributed by atoms with E-state index in [9.17, 15) is 14.4 Å². The molecule has 1 aliphatic carbocycles. The van der Waals surface area contributed by atoms with Gasteiger partial charge in [0.25, 0.3) is 0 Å². The van der Waals surface area contributed by atoms with Crippen LogP contribution in [-0.4, -0.2) is 65.9 Å². The fourth-order valence-electron chi connectivity index (χ4n) is 4.44. The van der Waals surface area contributed by atoms with E-state index in [-0.39, 0.29) is 29.7 Å². The Balaban J connectivity index is 1.52. The highest BCUT2D eigenvalue weighted by molar-refractivity contribution is 5.95. The molecule has 0 N–H and O–H groups in total. The number of piperazine rings is 1. The van der Waals surface area contributed by atoms with E-state index in [0.29, 0.717) is 32.2 Å². The average Bonchev–Trinajstić information content (AvgIpc) is 2.72. The number of benzene rings is 1. The lowest BCUT2D eigenvalue weighted by Gasteiger charge is -2.40. The lowest BCUT2D eigenvalue weighted by Crippen LogP contribution is -2.54. The molecule has 7 nitrogen and oxygen atoms in total. The number of hydrogen-bond acceptors (Lipinski definition) is 5. The van der Waals surface area contributed by atoms with Gasteiger partial charge in [-0.05, 0) is 58.2 Å². The number of rotatable bonds is 4. The van der Waals surface area contributed by atoms with Gasteiger partial charge in [0.2, 0.25) is 5.91 Å². The van der Waals surface area contributed by atoms with Crippen LogP contribution in [0.4, 0.5) is 10.5 Å². The molecule has 7 heteroatoms. The molecule has 1 aromatic rings. The van der Waals surface area contributed by atoms with Crippen molar-refractivity contribution < 1.29 is 19.1 Å². The predicted octanol–water partition coefficient (Wildman–Crippen LogP) is 3.85. The highest BCUT2D eigenvalue weighted by Crippen LogP contribution is 2.26. The fraction of sp³-hybridized carbons (Fsp3) is 0.640. The zero-order chi connectivity index (χ0) is 23.5. The summed E-state index contributed by atoms with van der Waals surface area (Å²) in [6.45, 7) is 10.7. The maximum Gasteiger partial charge on any atom is 0.410 e. The number of Topliss-reactive ketones (excluding diaryl/α,β-unsaturated/α-hetero) is 1. The van der Waals surface area contributed by atoms with Crippen molar-refractivity contribution in [3.8, 4) is 0 Å². The summed E-state index contributed by atoms with van der Waals surface area (Å²) in [4.78, 5) is 42.5. The molecule has 1 saturated heterocycles. The second-order valence-electron chi connectivity index (χ2n) is 10.1. The van der Waals surface area contributed by atoms with Gasteiger partial charge in [0.15, 0.2) is 0 Å². The van der Waals surface area contributed by atoms with Crippen molar-refractivity contribution in [2.45, 2.75) is 71.6 Å². The third-order valence-electron chi connectivity index (χ3n) is 6.29. The molecule has 0 bridgehead atoms. The van der Waals surface area contributed by atoms with Crippen LogP contribution in [0.3, 0.4) is 0 Å². The van der Waals surface area contributed by atoms with E-state index in [1.165, 1.54) is 5.56 Å². The van der Waals surface area contributed by atoms with Gasteiger partial charge < -0.3 is 14.5 Å². The third kappa shape index (κ3) is 6.31. The van der Waals surface area contributed by atoms with Crippen LogP contribution in [0.2, 0.25) is 0 Å². The van der Waals surface area contributed by atoms with Gasteiger partial charge in [0.1, 0.15) is 11.4 Å². The smallest absolute Gasteiger partial charge is 0.410 e. The maximum atomic E-state index is 12.8. The number of ketones is 1. The quantitative estimate of drug-likeness (QED) is 0.707. The molecule has 0 spiro atoms. The van der Waals surface area contributed by atoms with E-state index >= 15 is 0 Å². The number of amides is 2. The first-order valence-corrected chi connectivity index (χ1v) is 11.6. The van der Waals surface area contributed by atoms with Crippen LogP contribution in [0.5, 0.6) is 0 Å². The molecule has 1 saturated carbocycles. The van der Waals surface area contributed by atoms with Gasteiger partial charge in [-0.25, -0.2) is 4.79 Å². The Kier molecular flexibility index (Phi) is 7.59. The number of nitrogens with zero attached hydrogens (tertiary/aromatic N) is 3. The largest absolute Gasteiger partial charge is 0.444 e. The normalized spacial score (nSPS) is 20.8. The van der Waals surface area contributed by atoms with E-state index in [4.69, 9.17) is 4.74 Å². The predicted molar refractivity (Wildman–Crippen MR) is 124 cm³/mol. The van der Waals surface area contributed by atoms with Gasteiger partial charge in [-0.2, -0.15) is 0 Å². The molecule has 0 radical (unpaired) electrons. The Morgan fingerprint density at radius 1 is 1.09 bits per heavy atom. The minimum absolute atomic E-state index is 0.0554. The SMILES string of the molecule is C[C@H]1CN(Cc2ccc(N(C)C(=O)C3CCC(=O)CC3)cc2)CCN1C(=O)OC(C)(C)C. The molecule has 176 valence electrons. The third-order valence-corrected chi connectivity index (χ3v) is 6.29. The molecule has 0 unspecified atom stereocenters. The minimum Gasteiger partial charge on any atom is -0.444 e. The van der Waals surface area contributed by atoms with Crippen molar-refractivity contribution in [3.05, 3.63) is 29.8 Å². The molecule has 1 heterocycles. The number of carbonyl (C=O) groups is 3. The van der Waals surface area contributed by atoms with Crippen molar-refractivity contribution in [2.24, 2.45) is 5.92 Å². The first-order chi connectivity index (χ1) is 15.0. The summed E-state index contributed by atoms with van der Waals surface area (Å²) in [7, 11) is 1.81. The van der Waals surface area contributed by atoms with Gasteiger partial charge >= 0.3 is 6.09 Å². The summed E-state index contributed by atoms with van der Waals surface area (Å²) < 4.78 is 5.52. The molecule has 0 aromatic heterocycles. The summed E-state index contributed by atoms with van der Waals surface area (Å²) >= 11 is 0. The minimum atomic E-state index is -0.487. The summed E-state index contributed by atoms with van der Waals surface area (Å²) in [6.07, 6.45) is 2.11. The fourth-order valence-corrected chi connectivity index (χ4v) is 4.44. The molecule has 2 amide bonds. The summed E-state index contributed by atoms with van der Waals surface area (Å²) in [5.41, 5.74) is 1.56. The molecule has 32 heavy (non-hydrogen) atoms. The number of anilines is 1. The molecule has 3 rings (SSSR count). The maximum absolute atomic E-state index is 12.8. The average molecular weight is 444 g/mol. The Morgan fingerprint density at radius 2 is 1.72 bits per heavy atom. The van der Waals surface area contributed by atoms with Crippen molar-refractivity contribution >= 4 is 23.5 Å². The zero-order valence-electron chi connectivity index (χ0n) is 20.1. The Morgan fingerprint density at radius 3 is 2.28 bits per heavy atom. The van der Waals surface area contributed by atoms with E-state index < -0.39 is 5.60 Å².